The third kappa shape index (κ3) is 1.49. The zero-order chi connectivity index (χ0) is 13.1. The first-order valence-corrected chi connectivity index (χ1v) is 6.70. The van der Waals surface area contributed by atoms with Crippen LogP contribution in [0.15, 0.2) is 29.7 Å². The Morgan fingerprint density at radius 2 is 2.21 bits per heavy atom. The minimum atomic E-state index is -0.198. The summed E-state index contributed by atoms with van der Waals surface area (Å²) in [4.78, 5) is 8.30. The summed E-state index contributed by atoms with van der Waals surface area (Å²) in [5, 5.41) is 0.797. The van der Waals surface area contributed by atoms with Crippen LogP contribution in [0, 0.1) is 0 Å². The van der Waals surface area contributed by atoms with Crippen LogP contribution in [-0.4, -0.2) is 32.8 Å². The van der Waals surface area contributed by atoms with E-state index < -0.39 is 0 Å². The smallest absolute Gasteiger partial charge is 0.165 e. The number of aromatic nitrogens is 3. The maximum Gasteiger partial charge on any atom is 0.165 e. The predicted molar refractivity (Wildman–Crippen MR) is 72.4 cm³/mol. The molecule has 0 aromatic carbocycles. The summed E-state index contributed by atoms with van der Waals surface area (Å²) in [5.41, 5.74) is 6.62. The number of nitrogens with two attached hydrogens (primary N) is 1. The first-order valence-electron chi connectivity index (χ1n) is 5.90. The van der Waals surface area contributed by atoms with E-state index in [4.69, 9.17) is 15.2 Å². The summed E-state index contributed by atoms with van der Waals surface area (Å²) in [5.74, 6) is 0.446. The van der Waals surface area contributed by atoms with E-state index in [-0.39, 0.29) is 24.5 Å². The number of anilines is 1. The van der Waals surface area contributed by atoms with Crippen LogP contribution in [0.4, 0.5) is 5.82 Å². The summed E-state index contributed by atoms with van der Waals surface area (Å²) in [6.07, 6.45) is 5.03. The number of ether oxygens (including phenoxy) is 2. The Labute approximate surface area is 117 Å². The van der Waals surface area contributed by atoms with Crippen molar-refractivity contribution in [1.82, 2.24) is 14.5 Å². The second-order valence-electron chi connectivity index (χ2n) is 4.63. The van der Waals surface area contributed by atoms with Crippen LogP contribution >= 0.6 is 15.9 Å². The average Bonchev–Trinajstić information content (AvgIpc) is 3.00. The van der Waals surface area contributed by atoms with Gasteiger partial charge in [0.1, 0.15) is 36.1 Å². The summed E-state index contributed by atoms with van der Waals surface area (Å²) >= 11 is 3.48. The van der Waals surface area contributed by atoms with Gasteiger partial charge in [-0.05, 0) is 15.9 Å². The van der Waals surface area contributed by atoms with Crippen molar-refractivity contribution in [2.45, 2.75) is 24.5 Å². The molecule has 2 aromatic heterocycles. The molecule has 0 bridgehead atoms. The molecule has 0 radical (unpaired) electrons. The first-order chi connectivity index (χ1) is 9.20. The van der Waals surface area contributed by atoms with E-state index in [1.54, 1.807) is 6.08 Å². The molecule has 19 heavy (non-hydrogen) atoms. The van der Waals surface area contributed by atoms with Gasteiger partial charge in [-0.25, -0.2) is 9.97 Å². The van der Waals surface area contributed by atoms with E-state index in [0.29, 0.717) is 5.82 Å². The Kier molecular flexibility index (Phi) is 2.27. The molecule has 0 spiro atoms. The number of hydrogen-bond acceptors (Lipinski definition) is 5. The van der Waals surface area contributed by atoms with E-state index >= 15 is 0 Å². The van der Waals surface area contributed by atoms with Gasteiger partial charge in [-0.2, -0.15) is 0 Å². The van der Waals surface area contributed by atoms with E-state index in [9.17, 15) is 0 Å². The quantitative estimate of drug-likeness (QED) is 0.671. The van der Waals surface area contributed by atoms with Crippen molar-refractivity contribution in [3.05, 3.63) is 29.7 Å². The Morgan fingerprint density at radius 3 is 2.95 bits per heavy atom. The second kappa shape index (κ2) is 3.78. The molecule has 2 N–H and O–H groups in total. The SMILES string of the molecule is C=C[C@H]1O[C@@H](n2cc(Br)c3c(N)ncnc32)[C@@H]2O[C@@H]21. The van der Waals surface area contributed by atoms with Crippen LogP contribution in [0.3, 0.4) is 0 Å². The molecule has 2 saturated heterocycles. The Morgan fingerprint density at radius 1 is 1.37 bits per heavy atom. The molecule has 2 aliphatic heterocycles. The van der Waals surface area contributed by atoms with Gasteiger partial charge in [-0.15, -0.1) is 6.58 Å². The van der Waals surface area contributed by atoms with Gasteiger partial charge in [0.15, 0.2) is 6.23 Å². The fourth-order valence-corrected chi connectivity index (χ4v) is 3.22. The van der Waals surface area contributed by atoms with Crippen molar-refractivity contribution in [3.8, 4) is 0 Å². The number of nitrogen functional groups attached to an aromatic ring is 1. The molecular weight excluding hydrogens is 312 g/mol. The van der Waals surface area contributed by atoms with Crippen LogP contribution in [0.5, 0.6) is 0 Å². The predicted octanol–water partition coefficient (Wildman–Crippen LogP) is 1.63. The average molecular weight is 323 g/mol. The molecule has 0 aliphatic carbocycles. The lowest BCUT2D eigenvalue weighted by Gasteiger charge is -2.17. The second-order valence-corrected chi connectivity index (χ2v) is 5.49. The largest absolute Gasteiger partial charge is 0.383 e. The lowest BCUT2D eigenvalue weighted by Crippen LogP contribution is -2.17. The zero-order valence-electron chi connectivity index (χ0n) is 9.86. The standard InChI is InChI=1S/C12H11BrN4O2/c1-2-6-8-9(19-8)12(18-6)17-3-5(13)7-10(14)15-4-16-11(7)17/h2-4,6,8-9,12H,1H2,(H2,14,15,16)/t6-,8-,9-,12-/m1/s1. The molecule has 7 heteroatoms. The van der Waals surface area contributed by atoms with Crippen molar-refractivity contribution in [1.29, 1.82) is 0 Å². The fraction of sp³-hybridized carbons (Fsp3) is 0.333. The van der Waals surface area contributed by atoms with E-state index in [1.165, 1.54) is 6.33 Å². The highest BCUT2D eigenvalue weighted by Gasteiger charge is 2.58. The number of hydrogen-bond donors (Lipinski definition) is 1. The summed E-state index contributed by atoms with van der Waals surface area (Å²) in [7, 11) is 0. The first kappa shape index (κ1) is 11.4. The van der Waals surface area contributed by atoms with Crippen LogP contribution in [0.25, 0.3) is 11.0 Å². The highest BCUT2D eigenvalue weighted by atomic mass is 79.9. The Bertz CT molecular complexity index is 686. The van der Waals surface area contributed by atoms with Gasteiger partial charge in [-0.1, -0.05) is 6.08 Å². The highest BCUT2D eigenvalue weighted by molar-refractivity contribution is 9.10. The molecule has 4 atom stereocenters. The number of rotatable bonds is 2. The van der Waals surface area contributed by atoms with Crippen molar-refractivity contribution in [2.24, 2.45) is 0 Å². The lowest BCUT2D eigenvalue weighted by atomic mass is 10.2. The molecule has 2 fully saturated rings. The minimum Gasteiger partial charge on any atom is -0.383 e. The van der Waals surface area contributed by atoms with Crippen LogP contribution in [-0.2, 0) is 9.47 Å². The molecule has 0 unspecified atom stereocenters. The van der Waals surface area contributed by atoms with Gasteiger partial charge in [-0.3, -0.25) is 0 Å². The minimum absolute atomic E-state index is 0.0571. The molecule has 4 heterocycles. The molecule has 0 amide bonds. The van der Waals surface area contributed by atoms with Crippen molar-refractivity contribution >= 4 is 32.8 Å². The van der Waals surface area contributed by atoms with Gasteiger partial charge in [0.25, 0.3) is 0 Å². The molecule has 0 saturated carbocycles. The maximum atomic E-state index is 5.92. The Balaban J connectivity index is 1.85. The van der Waals surface area contributed by atoms with Crippen LogP contribution < -0.4 is 5.73 Å². The van der Waals surface area contributed by atoms with E-state index in [2.05, 4.69) is 32.5 Å². The third-order valence-corrected chi connectivity index (χ3v) is 4.16. The number of nitrogens with zero attached hydrogens (tertiary/aromatic N) is 3. The van der Waals surface area contributed by atoms with Gasteiger partial charge in [0.2, 0.25) is 0 Å². The van der Waals surface area contributed by atoms with Crippen molar-refractivity contribution < 1.29 is 9.47 Å². The summed E-state index contributed by atoms with van der Waals surface area (Å²) in [6, 6.07) is 0. The number of epoxide rings is 1. The molecule has 98 valence electrons. The molecule has 4 rings (SSSR count). The molecule has 2 aromatic rings. The van der Waals surface area contributed by atoms with E-state index in [1.807, 2.05) is 10.8 Å². The lowest BCUT2D eigenvalue weighted by molar-refractivity contribution is -0.0449. The number of halogens is 1. The highest BCUT2D eigenvalue weighted by Crippen LogP contribution is 2.47. The number of fused-ring (bicyclic) bond motifs is 2. The topological polar surface area (TPSA) is 78.5 Å². The molecule has 6 nitrogen and oxygen atoms in total. The maximum absolute atomic E-state index is 5.92. The zero-order valence-corrected chi connectivity index (χ0v) is 11.4. The molecular formula is C12H11BrN4O2. The normalized spacial score (nSPS) is 32.5. The van der Waals surface area contributed by atoms with Crippen molar-refractivity contribution in [2.75, 3.05) is 5.73 Å². The van der Waals surface area contributed by atoms with Gasteiger partial charge in [0, 0.05) is 10.7 Å². The van der Waals surface area contributed by atoms with Crippen LogP contribution in [0.1, 0.15) is 6.23 Å². The van der Waals surface area contributed by atoms with Gasteiger partial charge in [0.05, 0.1) is 5.39 Å². The Hall–Kier alpha value is -1.44. The summed E-state index contributed by atoms with van der Waals surface area (Å²) in [6.45, 7) is 3.76. The third-order valence-electron chi connectivity index (χ3n) is 3.56. The molecule has 2 aliphatic rings. The van der Waals surface area contributed by atoms with Gasteiger partial charge < -0.3 is 19.8 Å². The van der Waals surface area contributed by atoms with Gasteiger partial charge >= 0.3 is 0 Å². The van der Waals surface area contributed by atoms with Crippen molar-refractivity contribution in [3.63, 3.8) is 0 Å². The fourth-order valence-electron chi connectivity index (χ4n) is 2.62. The monoisotopic (exact) mass is 322 g/mol. The van der Waals surface area contributed by atoms with Crippen LogP contribution in [0.2, 0.25) is 0 Å². The van der Waals surface area contributed by atoms with E-state index in [0.717, 1.165) is 15.5 Å². The summed E-state index contributed by atoms with van der Waals surface area (Å²) < 4.78 is 14.3.